The van der Waals surface area contributed by atoms with E-state index in [4.69, 9.17) is 11.6 Å². The van der Waals surface area contributed by atoms with E-state index in [1.807, 2.05) is 37.3 Å². The van der Waals surface area contributed by atoms with Gasteiger partial charge in [0, 0.05) is 24.2 Å². The van der Waals surface area contributed by atoms with Gasteiger partial charge < -0.3 is 4.90 Å². The fourth-order valence-electron chi connectivity index (χ4n) is 4.29. The molecule has 1 aliphatic heterocycles. The van der Waals surface area contributed by atoms with Crippen LogP contribution in [0.1, 0.15) is 32.3 Å². The second-order valence-corrected chi connectivity index (χ2v) is 8.90. The molecule has 0 bridgehead atoms. The highest BCUT2D eigenvalue weighted by molar-refractivity contribution is 6.31. The molecule has 0 amide bonds. The first-order chi connectivity index (χ1) is 13.9. The van der Waals surface area contributed by atoms with Crippen LogP contribution in [0.2, 0.25) is 5.02 Å². The molecule has 0 N–H and O–H groups in total. The number of fused-ring (bicyclic) bond motifs is 1. The number of aryl methyl sites for hydroxylation is 1. The maximum atomic E-state index is 13.2. The zero-order valence-corrected chi connectivity index (χ0v) is 18.1. The molecule has 0 aliphatic carbocycles. The number of hydrogen-bond donors (Lipinski definition) is 0. The lowest BCUT2D eigenvalue weighted by atomic mass is 9.97. The molecule has 1 fully saturated rings. The molecule has 29 heavy (non-hydrogen) atoms. The molecule has 2 aromatic carbocycles. The molecular formula is C24H28ClN3O. The first-order valence-electron chi connectivity index (χ1n) is 10.4. The third-order valence-corrected chi connectivity index (χ3v) is 6.47. The second kappa shape index (κ2) is 8.29. The molecular weight excluding hydrogens is 382 g/mol. The summed E-state index contributed by atoms with van der Waals surface area (Å²) in [6.45, 7) is 9.41. The summed E-state index contributed by atoms with van der Waals surface area (Å²) >= 11 is 6.16. The quantitative estimate of drug-likeness (QED) is 0.598. The van der Waals surface area contributed by atoms with Gasteiger partial charge in [-0.2, -0.15) is 0 Å². The van der Waals surface area contributed by atoms with Gasteiger partial charge in [0.1, 0.15) is 0 Å². The van der Waals surface area contributed by atoms with E-state index in [0.29, 0.717) is 17.3 Å². The Morgan fingerprint density at radius 3 is 2.69 bits per heavy atom. The van der Waals surface area contributed by atoms with Gasteiger partial charge in [-0.25, -0.2) is 4.98 Å². The fraction of sp³-hybridized carbons (Fsp3) is 0.417. The van der Waals surface area contributed by atoms with Gasteiger partial charge in [-0.1, -0.05) is 23.7 Å². The van der Waals surface area contributed by atoms with Crippen LogP contribution in [0.5, 0.6) is 0 Å². The van der Waals surface area contributed by atoms with Crippen molar-refractivity contribution in [3.8, 4) is 11.1 Å². The zero-order chi connectivity index (χ0) is 20.5. The predicted octanol–water partition coefficient (Wildman–Crippen LogP) is 5.15. The summed E-state index contributed by atoms with van der Waals surface area (Å²) < 4.78 is 1.80. The molecule has 4 rings (SSSR count). The van der Waals surface area contributed by atoms with Gasteiger partial charge in [0.15, 0.2) is 0 Å². The van der Waals surface area contributed by atoms with Crippen LogP contribution in [0.25, 0.3) is 22.0 Å². The van der Waals surface area contributed by atoms with Gasteiger partial charge in [-0.05, 0) is 87.0 Å². The number of hydrogen-bond acceptors (Lipinski definition) is 3. The smallest absolute Gasteiger partial charge is 0.261 e. The van der Waals surface area contributed by atoms with Gasteiger partial charge in [-0.3, -0.25) is 9.36 Å². The maximum Gasteiger partial charge on any atom is 0.261 e. The Bertz CT molecular complexity index is 1090. The number of aromatic nitrogens is 2. The predicted molar refractivity (Wildman–Crippen MR) is 121 cm³/mol. The SMILES string of the molecule is Cc1cc(-c2ccc3ncn(C[C@H]4CCCN(C(C)C)C4)c(=O)c3c2)ccc1Cl. The molecule has 4 nitrogen and oxygen atoms in total. The third-order valence-electron chi connectivity index (χ3n) is 6.05. The van der Waals surface area contributed by atoms with E-state index in [2.05, 4.69) is 29.8 Å². The Kier molecular flexibility index (Phi) is 5.75. The van der Waals surface area contributed by atoms with Crippen molar-refractivity contribution in [3.63, 3.8) is 0 Å². The minimum absolute atomic E-state index is 0.0456. The molecule has 152 valence electrons. The molecule has 0 spiro atoms. The summed E-state index contributed by atoms with van der Waals surface area (Å²) in [5.41, 5.74) is 3.89. The average Bonchev–Trinajstić information content (AvgIpc) is 2.72. The summed E-state index contributed by atoms with van der Waals surface area (Å²) in [6.07, 6.45) is 4.07. The van der Waals surface area contributed by atoms with Crippen LogP contribution >= 0.6 is 11.6 Å². The van der Waals surface area contributed by atoms with Gasteiger partial charge in [-0.15, -0.1) is 0 Å². The lowest BCUT2D eigenvalue weighted by Crippen LogP contribution is -2.42. The lowest BCUT2D eigenvalue weighted by Gasteiger charge is -2.35. The summed E-state index contributed by atoms with van der Waals surface area (Å²) in [5, 5.41) is 1.43. The molecule has 3 aromatic rings. The number of likely N-dealkylation sites (tertiary alicyclic amines) is 1. The lowest BCUT2D eigenvalue weighted by molar-refractivity contribution is 0.130. The Balaban J connectivity index is 1.65. The van der Waals surface area contributed by atoms with Crippen molar-refractivity contribution < 1.29 is 0 Å². The Hall–Kier alpha value is -2.17. The van der Waals surface area contributed by atoms with E-state index >= 15 is 0 Å². The van der Waals surface area contributed by atoms with Gasteiger partial charge in [0.2, 0.25) is 0 Å². The second-order valence-electron chi connectivity index (χ2n) is 8.49. The molecule has 1 aromatic heterocycles. The van der Waals surface area contributed by atoms with Crippen molar-refractivity contribution in [2.45, 2.75) is 46.2 Å². The van der Waals surface area contributed by atoms with Crippen LogP contribution in [0, 0.1) is 12.8 Å². The topological polar surface area (TPSA) is 38.1 Å². The Morgan fingerprint density at radius 2 is 1.93 bits per heavy atom. The number of rotatable bonds is 4. The Labute approximate surface area is 177 Å². The summed E-state index contributed by atoms with van der Waals surface area (Å²) in [5.74, 6) is 0.491. The first kappa shape index (κ1) is 20.1. The summed E-state index contributed by atoms with van der Waals surface area (Å²) in [4.78, 5) is 20.3. The van der Waals surface area contributed by atoms with Crippen LogP contribution in [-0.2, 0) is 6.54 Å². The standard InChI is InChI=1S/C24H28ClN3O/c1-16(2)27-10-4-5-18(13-27)14-28-15-26-23-9-7-20(12-21(23)24(28)29)19-6-8-22(25)17(3)11-19/h6-9,11-12,15-16,18H,4-5,10,13-14H2,1-3H3/t18-/m0/s1. The highest BCUT2D eigenvalue weighted by Gasteiger charge is 2.22. The molecule has 0 saturated carbocycles. The van der Waals surface area contributed by atoms with Crippen molar-refractivity contribution in [2.24, 2.45) is 5.92 Å². The van der Waals surface area contributed by atoms with E-state index in [-0.39, 0.29) is 5.56 Å². The monoisotopic (exact) mass is 409 g/mol. The van der Waals surface area contributed by atoms with Crippen LogP contribution in [0.15, 0.2) is 47.5 Å². The summed E-state index contributed by atoms with van der Waals surface area (Å²) in [6, 6.07) is 12.4. The van der Waals surface area contributed by atoms with Gasteiger partial charge in [0.25, 0.3) is 5.56 Å². The normalized spacial score (nSPS) is 17.9. The van der Waals surface area contributed by atoms with E-state index in [1.165, 1.54) is 6.42 Å². The number of piperidine rings is 1. The average molecular weight is 410 g/mol. The van der Waals surface area contributed by atoms with E-state index in [9.17, 15) is 4.79 Å². The minimum atomic E-state index is 0.0456. The van der Waals surface area contributed by atoms with Gasteiger partial charge >= 0.3 is 0 Å². The summed E-state index contributed by atoms with van der Waals surface area (Å²) in [7, 11) is 0. The number of nitrogens with zero attached hydrogens (tertiary/aromatic N) is 3. The van der Waals surface area contributed by atoms with Crippen LogP contribution in [0.4, 0.5) is 0 Å². The molecule has 1 saturated heterocycles. The zero-order valence-electron chi connectivity index (χ0n) is 17.4. The van der Waals surface area contributed by atoms with E-state index in [0.717, 1.165) is 53.3 Å². The molecule has 1 atom stereocenters. The van der Waals surface area contributed by atoms with E-state index < -0.39 is 0 Å². The number of halogens is 1. The largest absolute Gasteiger partial charge is 0.301 e. The highest BCUT2D eigenvalue weighted by atomic mass is 35.5. The molecule has 0 radical (unpaired) electrons. The molecule has 1 aliphatic rings. The van der Waals surface area contributed by atoms with Crippen molar-refractivity contribution >= 4 is 22.5 Å². The Morgan fingerprint density at radius 1 is 1.17 bits per heavy atom. The van der Waals surface area contributed by atoms with Crippen molar-refractivity contribution in [3.05, 3.63) is 63.7 Å². The fourth-order valence-corrected chi connectivity index (χ4v) is 4.40. The van der Waals surface area contributed by atoms with Crippen molar-refractivity contribution in [1.82, 2.24) is 14.5 Å². The van der Waals surface area contributed by atoms with Crippen molar-refractivity contribution in [2.75, 3.05) is 13.1 Å². The van der Waals surface area contributed by atoms with Crippen LogP contribution < -0.4 is 5.56 Å². The molecule has 0 unspecified atom stereocenters. The molecule has 2 heterocycles. The highest BCUT2D eigenvalue weighted by Crippen LogP contribution is 2.26. The minimum Gasteiger partial charge on any atom is -0.301 e. The third kappa shape index (κ3) is 4.24. The van der Waals surface area contributed by atoms with Crippen molar-refractivity contribution in [1.29, 1.82) is 0 Å². The number of benzene rings is 2. The van der Waals surface area contributed by atoms with Crippen LogP contribution in [0.3, 0.4) is 0 Å². The van der Waals surface area contributed by atoms with E-state index in [1.54, 1.807) is 10.9 Å². The first-order valence-corrected chi connectivity index (χ1v) is 10.8. The maximum absolute atomic E-state index is 13.2. The van der Waals surface area contributed by atoms with Gasteiger partial charge in [0.05, 0.1) is 17.2 Å². The van der Waals surface area contributed by atoms with Crippen LogP contribution in [-0.4, -0.2) is 33.6 Å². The molecule has 5 heteroatoms.